The van der Waals surface area contributed by atoms with E-state index in [-0.39, 0.29) is 5.91 Å². The molecule has 0 spiro atoms. The predicted molar refractivity (Wildman–Crippen MR) is 90.5 cm³/mol. The van der Waals surface area contributed by atoms with Gasteiger partial charge in [0, 0.05) is 19.0 Å². The van der Waals surface area contributed by atoms with Crippen molar-refractivity contribution < 1.29 is 18.7 Å². The Balaban J connectivity index is 1.91. The summed E-state index contributed by atoms with van der Waals surface area (Å²) in [5, 5.41) is 3.75. The van der Waals surface area contributed by atoms with Crippen molar-refractivity contribution in [2.24, 2.45) is 0 Å². The number of amides is 1. The number of rotatable bonds is 7. The van der Waals surface area contributed by atoms with E-state index in [0.29, 0.717) is 31.1 Å². The molecule has 0 aliphatic carbocycles. The molecule has 2 aromatic heterocycles. The monoisotopic (exact) mass is 328 g/mol. The van der Waals surface area contributed by atoms with Crippen LogP contribution in [0.4, 0.5) is 0 Å². The van der Waals surface area contributed by atoms with Crippen LogP contribution in [0.3, 0.4) is 0 Å². The molecule has 0 unspecified atom stereocenters. The smallest absolute Gasteiger partial charge is 0.268 e. The Morgan fingerprint density at radius 1 is 1.25 bits per heavy atom. The summed E-state index contributed by atoms with van der Waals surface area (Å²) in [6, 6.07) is 11.4. The highest BCUT2D eigenvalue weighted by Crippen LogP contribution is 2.23. The maximum Gasteiger partial charge on any atom is 0.268 e. The van der Waals surface area contributed by atoms with Crippen molar-refractivity contribution in [1.29, 1.82) is 0 Å². The summed E-state index contributed by atoms with van der Waals surface area (Å²) in [6.07, 6.45) is 1.62. The molecule has 2 heterocycles. The molecule has 0 saturated carbocycles. The Morgan fingerprint density at radius 3 is 2.92 bits per heavy atom. The Morgan fingerprint density at radius 2 is 2.12 bits per heavy atom. The van der Waals surface area contributed by atoms with Crippen molar-refractivity contribution in [3.05, 3.63) is 53.9 Å². The van der Waals surface area contributed by atoms with Crippen LogP contribution in [-0.4, -0.2) is 37.8 Å². The number of carbonyl (C=O) groups excluding carboxylic acids is 1. The maximum absolute atomic E-state index is 12.5. The van der Waals surface area contributed by atoms with Crippen molar-refractivity contribution >= 4 is 17.0 Å². The topological polar surface area (TPSA) is 65.6 Å². The normalized spacial score (nSPS) is 10.9. The van der Waals surface area contributed by atoms with Crippen LogP contribution in [0.15, 0.2) is 47.1 Å². The van der Waals surface area contributed by atoms with E-state index in [9.17, 15) is 4.79 Å². The number of aromatic nitrogens is 1. The Bertz CT molecular complexity index is 835. The summed E-state index contributed by atoms with van der Waals surface area (Å²) < 4.78 is 17.7. The number of carbonyl (C=O) groups is 1. The van der Waals surface area contributed by atoms with Gasteiger partial charge >= 0.3 is 0 Å². The average Bonchev–Trinajstić information content (AvgIpc) is 3.18. The molecule has 126 valence electrons. The van der Waals surface area contributed by atoms with Gasteiger partial charge < -0.3 is 23.8 Å². The number of nitrogens with one attached hydrogen (secondary N) is 1. The largest absolute Gasteiger partial charge is 0.497 e. The van der Waals surface area contributed by atoms with Gasteiger partial charge in [-0.3, -0.25) is 4.79 Å². The van der Waals surface area contributed by atoms with E-state index in [4.69, 9.17) is 13.9 Å². The first-order valence-electron chi connectivity index (χ1n) is 7.69. The zero-order valence-electron chi connectivity index (χ0n) is 13.7. The number of fused-ring (bicyclic) bond motifs is 1. The summed E-state index contributed by atoms with van der Waals surface area (Å²) in [5.74, 6) is 0.628. The minimum Gasteiger partial charge on any atom is -0.497 e. The van der Waals surface area contributed by atoms with Gasteiger partial charge in [-0.15, -0.1) is 0 Å². The number of hydrogen-bond acceptors (Lipinski definition) is 4. The quantitative estimate of drug-likeness (QED) is 0.677. The highest BCUT2D eigenvalue weighted by atomic mass is 16.5. The van der Waals surface area contributed by atoms with Crippen molar-refractivity contribution in [3.63, 3.8) is 0 Å². The molecule has 0 aliphatic heterocycles. The van der Waals surface area contributed by atoms with Crippen LogP contribution < -0.4 is 10.1 Å². The van der Waals surface area contributed by atoms with E-state index in [1.807, 2.05) is 41.0 Å². The van der Waals surface area contributed by atoms with Crippen LogP contribution in [0.5, 0.6) is 5.75 Å². The molecule has 6 nitrogen and oxygen atoms in total. The number of ether oxygens (including phenoxy) is 2. The zero-order chi connectivity index (χ0) is 16.9. The van der Waals surface area contributed by atoms with E-state index in [2.05, 4.69) is 5.32 Å². The fourth-order valence-corrected chi connectivity index (χ4v) is 2.63. The number of nitrogens with zero attached hydrogens (tertiary/aromatic N) is 1. The molecule has 1 N–H and O–H groups in total. The molecule has 0 aliphatic rings. The highest BCUT2D eigenvalue weighted by molar-refractivity contribution is 5.97. The van der Waals surface area contributed by atoms with Crippen molar-refractivity contribution in [1.82, 2.24) is 9.88 Å². The number of furan rings is 1. The summed E-state index contributed by atoms with van der Waals surface area (Å²) in [5.41, 5.74) is 2.26. The van der Waals surface area contributed by atoms with E-state index in [0.717, 1.165) is 16.7 Å². The molecule has 1 aromatic carbocycles. The second kappa shape index (κ2) is 7.23. The molecule has 1 amide bonds. The highest BCUT2D eigenvalue weighted by Gasteiger charge is 2.17. The minimum absolute atomic E-state index is 0.152. The molecule has 6 heteroatoms. The lowest BCUT2D eigenvalue weighted by Crippen LogP contribution is -2.29. The van der Waals surface area contributed by atoms with Gasteiger partial charge in [-0.2, -0.15) is 0 Å². The van der Waals surface area contributed by atoms with Gasteiger partial charge in [0.15, 0.2) is 0 Å². The molecule has 0 fully saturated rings. The van der Waals surface area contributed by atoms with E-state index >= 15 is 0 Å². The minimum atomic E-state index is -0.152. The summed E-state index contributed by atoms with van der Waals surface area (Å²) in [7, 11) is 3.24. The summed E-state index contributed by atoms with van der Waals surface area (Å²) >= 11 is 0. The Labute approximate surface area is 140 Å². The molecule has 0 saturated heterocycles. The van der Waals surface area contributed by atoms with Crippen LogP contribution in [0.1, 0.15) is 16.1 Å². The lowest BCUT2D eigenvalue weighted by molar-refractivity contribution is 0.0928. The first kappa shape index (κ1) is 16.1. The fourth-order valence-electron chi connectivity index (χ4n) is 2.63. The van der Waals surface area contributed by atoms with Crippen LogP contribution in [0.2, 0.25) is 0 Å². The molecule has 0 radical (unpaired) electrons. The van der Waals surface area contributed by atoms with E-state index in [1.54, 1.807) is 20.5 Å². The van der Waals surface area contributed by atoms with Gasteiger partial charge in [-0.05, 0) is 29.8 Å². The van der Waals surface area contributed by atoms with Gasteiger partial charge in [0.05, 0.1) is 26.5 Å². The van der Waals surface area contributed by atoms with Crippen molar-refractivity contribution in [3.8, 4) is 5.75 Å². The van der Waals surface area contributed by atoms with Gasteiger partial charge in [0.1, 0.15) is 11.4 Å². The molecular formula is C18H20N2O4. The third kappa shape index (κ3) is 3.28. The van der Waals surface area contributed by atoms with Crippen molar-refractivity contribution in [2.75, 3.05) is 27.4 Å². The van der Waals surface area contributed by atoms with Crippen molar-refractivity contribution in [2.45, 2.75) is 6.54 Å². The number of benzene rings is 1. The maximum atomic E-state index is 12.5. The first-order chi connectivity index (χ1) is 11.7. The molecule has 0 atom stereocenters. The second-order valence-electron chi connectivity index (χ2n) is 5.40. The molecular weight excluding hydrogens is 308 g/mol. The van der Waals surface area contributed by atoms with E-state index < -0.39 is 0 Å². The third-order valence-electron chi connectivity index (χ3n) is 3.80. The zero-order valence-corrected chi connectivity index (χ0v) is 13.7. The third-order valence-corrected chi connectivity index (χ3v) is 3.80. The second-order valence-corrected chi connectivity index (χ2v) is 5.40. The lowest BCUT2D eigenvalue weighted by atomic mass is 10.2. The summed E-state index contributed by atoms with van der Waals surface area (Å²) in [4.78, 5) is 12.5. The van der Waals surface area contributed by atoms with Crippen LogP contribution in [0.25, 0.3) is 11.1 Å². The first-order valence-corrected chi connectivity index (χ1v) is 7.69. The van der Waals surface area contributed by atoms with E-state index in [1.165, 1.54) is 0 Å². The van der Waals surface area contributed by atoms with Gasteiger partial charge in [-0.25, -0.2) is 0 Å². The molecule has 3 rings (SSSR count). The SMILES string of the molecule is COCCNC(=O)c1cc2ccoc2n1Cc1cccc(OC)c1. The molecule has 3 aromatic rings. The Hall–Kier alpha value is -2.73. The molecule has 24 heavy (non-hydrogen) atoms. The van der Waals surface area contributed by atoms with Crippen LogP contribution in [-0.2, 0) is 11.3 Å². The lowest BCUT2D eigenvalue weighted by Gasteiger charge is -2.11. The molecule has 0 bridgehead atoms. The van der Waals surface area contributed by atoms with Crippen LogP contribution in [0, 0.1) is 0 Å². The number of methoxy groups -OCH3 is 2. The standard InChI is InChI=1S/C18H20N2O4/c1-22-9-7-19-17(21)16-11-14-6-8-24-18(14)20(16)12-13-4-3-5-15(10-13)23-2/h3-6,8,10-11H,7,9,12H2,1-2H3,(H,19,21). The summed E-state index contributed by atoms with van der Waals surface area (Å²) in [6.45, 7) is 1.45. The van der Waals surface area contributed by atoms with Crippen LogP contribution >= 0.6 is 0 Å². The van der Waals surface area contributed by atoms with Gasteiger partial charge in [-0.1, -0.05) is 12.1 Å². The van der Waals surface area contributed by atoms with Gasteiger partial charge in [0.2, 0.25) is 5.71 Å². The van der Waals surface area contributed by atoms with Gasteiger partial charge in [0.25, 0.3) is 5.91 Å². The Kier molecular flexibility index (Phi) is 4.86. The fraction of sp³-hybridized carbons (Fsp3) is 0.278. The average molecular weight is 328 g/mol. The number of hydrogen-bond donors (Lipinski definition) is 1. The predicted octanol–water partition coefficient (Wildman–Crippen LogP) is 2.67.